The fraction of sp³-hybridized carbons (Fsp3) is 0.500. The van der Waals surface area contributed by atoms with E-state index < -0.39 is 0 Å². The van der Waals surface area contributed by atoms with Crippen LogP contribution in [0.4, 0.5) is 0 Å². The van der Waals surface area contributed by atoms with Gasteiger partial charge in [0.2, 0.25) is 0 Å². The fourth-order valence-electron chi connectivity index (χ4n) is 2.50. The van der Waals surface area contributed by atoms with E-state index in [1.165, 1.54) is 18.6 Å². The zero-order valence-corrected chi connectivity index (χ0v) is 11.5. The molecule has 0 spiro atoms. The number of nitrogens with one attached hydrogen (secondary N) is 1. The minimum atomic E-state index is 0.430. The van der Waals surface area contributed by atoms with Gasteiger partial charge in [-0.3, -0.25) is 0 Å². The predicted octanol–water partition coefficient (Wildman–Crippen LogP) is 2.71. The third-order valence-electron chi connectivity index (χ3n) is 3.52. The Hall–Kier alpha value is -1.000. The summed E-state index contributed by atoms with van der Waals surface area (Å²) < 4.78 is 2.50. The average Bonchev–Trinajstić information content (AvgIpc) is 2.95. The molecule has 0 bridgehead atoms. The molecule has 0 saturated carbocycles. The van der Waals surface area contributed by atoms with Crippen LogP contribution in [0.25, 0.3) is 5.65 Å². The van der Waals surface area contributed by atoms with Crippen LogP contribution in [0.5, 0.6) is 0 Å². The molecule has 1 aliphatic rings. The number of pyridine rings is 1. The Balaban J connectivity index is 1.59. The van der Waals surface area contributed by atoms with E-state index in [-0.39, 0.29) is 0 Å². The van der Waals surface area contributed by atoms with Crippen molar-refractivity contribution in [3.05, 3.63) is 36.3 Å². The van der Waals surface area contributed by atoms with Gasteiger partial charge < -0.3 is 9.72 Å². The first-order valence-corrected chi connectivity index (χ1v) is 7.51. The van der Waals surface area contributed by atoms with E-state index >= 15 is 0 Å². The van der Waals surface area contributed by atoms with Crippen LogP contribution >= 0.6 is 11.8 Å². The zero-order chi connectivity index (χ0) is 12.4. The summed E-state index contributed by atoms with van der Waals surface area (Å²) in [6, 6.07) is 6.09. The maximum absolute atomic E-state index is 4.59. The summed E-state index contributed by atoms with van der Waals surface area (Å²) in [4.78, 5) is 4.59. The van der Waals surface area contributed by atoms with Crippen molar-refractivity contribution in [1.82, 2.24) is 14.7 Å². The minimum absolute atomic E-state index is 0.430. The predicted molar refractivity (Wildman–Crippen MR) is 77.0 cm³/mol. The van der Waals surface area contributed by atoms with Gasteiger partial charge in [-0.2, -0.15) is 11.8 Å². The Labute approximate surface area is 112 Å². The second-order valence-electron chi connectivity index (χ2n) is 5.20. The molecule has 0 radical (unpaired) electrons. The van der Waals surface area contributed by atoms with Crippen LogP contribution in [0, 0.1) is 0 Å². The van der Waals surface area contributed by atoms with E-state index in [0.29, 0.717) is 4.75 Å². The fourth-order valence-corrected chi connectivity index (χ4v) is 3.78. The summed E-state index contributed by atoms with van der Waals surface area (Å²) in [5.74, 6) is 1.31. The highest BCUT2D eigenvalue weighted by molar-refractivity contribution is 8.00. The average molecular weight is 261 g/mol. The standard InChI is InChI=1S/C14H19N3S/c1-14(6-4-8-18-14)11-15-9-12-10-17-7-3-2-5-13(17)16-12/h2-3,5,7,10,15H,4,6,8-9,11H2,1H3. The number of fused-ring (bicyclic) bond motifs is 1. The summed E-state index contributed by atoms with van der Waals surface area (Å²) in [7, 11) is 0. The first-order chi connectivity index (χ1) is 8.75. The zero-order valence-electron chi connectivity index (χ0n) is 10.7. The Kier molecular flexibility index (Phi) is 3.31. The molecule has 18 heavy (non-hydrogen) atoms. The first-order valence-electron chi connectivity index (χ1n) is 6.53. The van der Waals surface area contributed by atoms with E-state index in [2.05, 4.69) is 39.6 Å². The molecule has 3 heterocycles. The summed E-state index contributed by atoms with van der Waals surface area (Å²) in [6.07, 6.45) is 6.83. The number of rotatable bonds is 4. The SMILES string of the molecule is CC1(CNCc2cn3ccccc3n2)CCCS1. The molecule has 0 aliphatic carbocycles. The van der Waals surface area contributed by atoms with Crippen molar-refractivity contribution < 1.29 is 0 Å². The van der Waals surface area contributed by atoms with Crippen molar-refractivity contribution in [2.24, 2.45) is 0 Å². The van der Waals surface area contributed by atoms with Gasteiger partial charge in [-0.1, -0.05) is 6.07 Å². The molecule has 3 rings (SSSR count). The second-order valence-corrected chi connectivity index (χ2v) is 6.89. The van der Waals surface area contributed by atoms with Gasteiger partial charge in [0, 0.05) is 30.2 Å². The number of thioether (sulfide) groups is 1. The van der Waals surface area contributed by atoms with Gasteiger partial charge in [-0.15, -0.1) is 0 Å². The molecule has 1 aliphatic heterocycles. The van der Waals surface area contributed by atoms with Gasteiger partial charge in [0.15, 0.2) is 0 Å². The molecule has 2 aromatic rings. The lowest BCUT2D eigenvalue weighted by Gasteiger charge is -2.22. The number of imidazole rings is 1. The summed E-state index contributed by atoms with van der Waals surface area (Å²) in [5.41, 5.74) is 2.14. The largest absolute Gasteiger partial charge is 0.310 e. The summed E-state index contributed by atoms with van der Waals surface area (Å²) in [5, 5.41) is 3.55. The quantitative estimate of drug-likeness (QED) is 0.917. The first kappa shape index (κ1) is 12.1. The maximum atomic E-state index is 4.59. The molecule has 0 amide bonds. The Morgan fingerprint density at radius 2 is 2.44 bits per heavy atom. The molecule has 3 nitrogen and oxygen atoms in total. The minimum Gasteiger partial charge on any atom is -0.310 e. The lowest BCUT2D eigenvalue weighted by Crippen LogP contribution is -2.32. The van der Waals surface area contributed by atoms with Crippen LogP contribution in [0.2, 0.25) is 0 Å². The molecule has 4 heteroatoms. The van der Waals surface area contributed by atoms with Crippen LogP contribution in [0.1, 0.15) is 25.5 Å². The lowest BCUT2D eigenvalue weighted by molar-refractivity contribution is 0.534. The van der Waals surface area contributed by atoms with Gasteiger partial charge in [0.25, 0.3) is 0 Å². The van der Waals surface area contributed by atoms with Crippen molar-refractivity contribution in [3.63, 3.8) is 0 Å². The normalized spacial score (nSPS) is 23.8. The van der Waals surface area contributed by atoms with Gasteiger partial charge in [-0.05, 0) is 37.7 Å². The highest BCUT2D eigenvalue weighted by atomic mass is 32.2. The summed E-state index contributed by atoms with van der Waals surface area (Å²) in [6.45, 7) is 4.30. The van der Waals surface area contributed by atoms with E-state index in [0.717, 1.165) is 24.4 Å². The van der Waals surface area contributed by atoms with E-state index in [4.69, 9.17) is 0 Å². The maximum Gasteiger partial charge on any atom is 0.137 e. The monoisotopic (exact) mass is 261 g/mol. The van der Waals surface area contributed by atoms with Crippen molar-refractivity contribution in [2.75, 3.05) is 12.3 Å². The summed E-state index contributed by atoms with van der Waals surface area (Å²) >= 11 is 2.10. The molecule has 1 N–H and O–H groups in total. The highest BCUT2D eigenvalue weighted by Crippen LogP contribution is 2.36. The van der Waals surface area contributed by atoms with Gasteiger partial charge >= 0.3 is 0 Å². The van der Waals surface area contributed by atoms with Crippen molar-refractivity contribution in [3.8, 4) is 0 Å². The molecule has 2 aromatic heterocycles. The lowest BCUT2D eigenvalue weighted by atomic mass is 10.1. The van der Waals surface area contributed by atoms with Gasteiger partial charge in [0.1, 0.15) is 5.65 Å². The smallest absolute Gasteiger partial charge is 0.137 e. The molecule has 1 atom stereocenters. The van der Waals surface area contributed by atoms with E-state index in [1.807, 2.05) is 24.4 Å². The molecular weight excluding hydrogens is 242 g/mol. The molecule has 1 fully saturated rings. The Bertz CT molecular complexity index is 496. The van der Waals surface area contributed by atoms with Gasteiger partial charge in [-0.25, -0.2) is 4.98 Å². The number of aromatic nitrogens is 2. The number of hydrogen-bond donors (Lipinski definition) is 1. The van der Waals surface area contributed by atoms with Gasteiger partial charge in [0.05, 0.1) is 5.69 Å². The van der Waals surface area contributed by atoms with Crippen LogP contribution in [-0.2, 0) is 6.54 Å². The Morgan fingerprint density at radius 3 is 3.22 bits per heavy atom. The molecule has 1 unspecified atom stereocenters. The molecule has 96 valence electrons. The van der Waals surface area contributed by atoms with Crippen LogP contribution < -0.4 is 5.32 Å². The third-order valence-corrected chi connectivity index (χ3v) is 5.06. The van der Waals surface area contributed by atoms with E-state index in [1.54, 1.807) is 0 Å². The number of nitrogens with zero attached hydrogens (tertiary/aromatic N) is 2. The molecule has 1 saturated heterocycles. The van der Waals surface area contributed by atoms with Crippen LogP contribution in [0.15, 0.2) is 30.6 Å². The number of hydrogen-bond acceptors (Lipinski definition) is 3. The second kappa shape index (κ2) is 4.94. The van der Waals surface area contributed by atoms with Crippen molar-refractivity contribution in [1.29, 1.82) is 0 Å². The third kappa shape index (κ3) is 2.54. The van der Waals surface area contributed by atoms with E-state index in [9.17, 15) is 0 Å². The van der Waals surface area contributed by atoms with Crippen molar-refractivity contribution >= 4 is 17.4 Å². The molecular formula is C14H19N3S. The van der Waals surface area contributed by atoms with Crippen molar-refractivity contribution in [2.45, 2.75) is 31.1 Å². The Morgan fingerprint density at radius 1 is 1.50 bits per heavy atom. The molecule has 0 aromatic carbocycles. The van der Waals surface area contributed by atoms with Crippen LogP contribution in [0.3, 0.4) is 0 Å². The highest BCUT2D eigenvalue weighted by Gasteiger charge is 2.28. The topological polar surface area (TPSA) is 29.3 Å². The van der Waals surface area contributed by atoms with Crippen LogP contribution in [-0.4, -0.2) is 26.4 Å².